The number of rotatable bonds is 11. The van der Waals surface area contributed by atoms with E-state index in [9.17, 15) is 14.0 Å². The van der Waals surface area contributed by atoms with Crippen LogP contribution < -0.4 is 31.7 Å². The number of fused-ring (bicyclic) bond motifs is 3. The molecule has 0 aliphatic carbocycles. The zero-order valence-electron chi connectivity index (χ0n) is 24.6. The Labute approximate surface area is 251 Å². The van der Waals surface area contributed by atoms with Crippen molar-refractivity contribution in [2.24, 2.45) is 7.05 Å². The maximum atomic E-state index is 15.0. The van der Waals surface area contributed by atoms with Gasteiger partial charge in [-0.05, 0) is 37.4 Å². The molecule has 232 valence electrons. The molecular weight excluding hydrogens is 571 g/mol. The molecule has 4 aromatic heterocycles. The molecule has 1 saturated heterocycles. The summed E-state index contributed by atoms with van der Waals surface area (Å²) in [7, 11) is 3.51. The fraction of sp³-hybridized carbons (Fsp3) is 0.379. The van der Waals surface area contributed by atoms with Crippen molar-refractivity contribution in [3.63, 3.8) is 0 Å². The number of benzene rings is 1. The van der Waals surface area contributed by atoms with E-state index in [0.717, 1.165) is 0 Å². The smallest absolute Gasteiger partial charge is 0.330 e. The number of furan rings is 1. The average molecular weight is 607 g/mol. The zero-order valence-corrected chi connectivity index (χ0v) is 24.6. The van der Waals surface area contributed by atoms with E-state index in [1.54, 1.807) is 53.8 Å². The molecule has 1 aromatic carbocycles. The zero-order chi connectivity index (χ0) is 30.8. The van der Waals surface area contributed by atoms with Gasteiger partial charge >= 0.3 is 5.69 Å². The molecule has 0 bridgehead atoms. The number of nitrogens with two attached hydrogens (primary N) is 1. The average Bonchev–Trinajstić information content (AvgIpc) is 3.76. The summed E-state index contributed by atoms with van der Waals surface area (Å²) in [6, 6.07) is 10.1. The van der Waals surface area contributed by atoms with E-state index in [2.05, 4.69) is 25.6 Å². The van der Waals surface area contributed by atoms with Crippen LogP contribution in [0.15, 0.2) is 51.9 Å². The molecule has 14 nitrogen and oxygen atoms in total. The Morgan fingerprint density at radius 2 is 1.95 bits per heavy atom. The first-order valence-corrected chi connectivity index (χ1v) is 14.4. The van der Waals surface area contributed by atoms with Gasteiger partial charge in [-0.2, -0.15) is 14.6 Å². The highest BCUT2D eigenvalue weighted by Crippen LogP contribution is 2.27. The van der Waals surface area contributed by atoms with Gasteiger partial charge in [0.2, 0.25) is 5.95 Å². The van der Waals surface area contributed by atoms with Crippen LogP contribution in [0.1, 0.15) is 0 Å². The molecule has 0 atom stereocenters. The minimum atomic E-state index is -0.404. The number of amides is 1. The number of piperazine rings is 1. The molecule has 0 saturated carbocycles. The predicted molar refractivity (Wildman–Crippen MR) is 163 cm³/mol. The number of likely N-dealkylation sites (N-methyl/N-ethyl adjacent to an activating group) is 1. The molecule has 44 heavy (non-hydrogen) atoms. The predicted octanol–water partition coefficient (Wildman–Crippen LogP) is 0.901. The lowest BCUT2D eigenvalue weighted by molar-refractivity contribution is -0.123. The lowest BCUT2D eigenvalue weighted by atomic mass is 10.2. The summed E-state index contributed by atoms with van der Waals surface area (Å²) in [4.78, 5) is 33.9. The highest BCUT2D eigenvalue weighted by Gasteiger charge is 2.23. The minimum Gasteiger partial charge on any atom is -0.484 e. The first-order chi connectivity index (χ1) is 21.3. The number of halogens is 1. The number of imidazole rings is 1. The fourth-order valence-electron chi connectivity index (χ4n) is 5.49. The van der Waals surface area contributed by atoms with Gasteiger partial charge in [-0.1, -0.05) is 0 Å². The molecule has 4 N–H and O–H groups in total. The van der Waals surface area contributed by atoms with Crippen molar-refractivity contribution in [1.82, 2.24) is 39.3 Å². The Kier molecular flexibility index (Phi) is 8.21. The van der Waals surface area contributed by atoms with Crippen molar-refractivity contribution < 1.29 is 18.3 Å². The van der Waals surface area contributed by atoms with E-state index in [1.807, 2.05) is 11.0 Å². The SMILES string of the molecule is CNCCNC(=O)COc1ccc(N2CCN(CCn3c(=O)n(C)c4c3nc(N)n3nc(-c5ccco5)cc43)CC2)c(F)c1. The molecular formula is C29H35FN10O4. The largest absolute Gasteiger partial charge is 0.484 e. The summed E-state index contributed by atoms with van der Waals surface area (Å²) < 4.78 is 30.6. The van der Waals surface area contributed by atoms with E-state index in [1.165, 1.54) is 10.6 Å². The third kappa shape index (κ3) is 5.70. The summed E-state index contributed by atoms with van der Waals surface area (Å²) in [5, 5.41) is 10.2. The van der Waals surface area contributed by atoms with Crippen molar-refractivity contribution in [3.8, 4) is 17.2 Å². The monoisotopic (exact) mass is 606 g/mol. The van der Waals surface area contributed by atoms with Gasteiger partial charge in [0.05, 0.1) is 17.5 Å². The number of hydrogen-bond donors (Lipinski definition) is 3. The van der Waals surface area contributed by atoms with Gasteiger partial charge in [-0.3, -0.25) is 18.8 Å². The maximum absolute atomic E-state index is 15.0. The van der Waals surface area contributed by atoms with Crippen LogP contribution in [-0.4, -0.2) is 94.0 Å². The van der Waals surface area contributed by atoms with Crippen LogP contribution in [0.4, 0.5) is 16.0 Å². The quantitative estimate of drug-likeness (QED) is 0.185. The molecule has 5 aromatic rings. The Morgan fingerprint density at radius 3 is 2.68 bits per heavy atom. The van der Waals surface area contributed by atoms with Crippen LogP contribution in [0.25, 0.3) is 28.1 Å². The highest BCUT2D eigenvalue weighted by molar-refractivity contribution is 5.91. The normalized spacial score (nSPS) is 14.1. The van der Waals surface area contributed by atoms with Gasteiger partial charge in [-0.25, -0.2) is 9.18 Å². The number of aryl methyl sites for hydroxylation is 1. The van der Waals surface area contributed by atoms with Crippen molar-refractivity contribution >= 4 is 34.2 Å². The summed E-state index contributed by atoms with van der Waals surface area (Å²) in [6.45, 7) is 4.62. The summed E-state index contributed by atoms with van der Waals surface area (Å²) in [5.41, 5.74) is 8.94. The number of carbonyl (C=O) groups excluding carboxylic acids is 1. The third-order valence-electron chi connectivity index (χ3n) is 7.82. The van der Waals surface area contributed by atoms with Gasteiger partial charge in [0.1, 0.15) is 22.8 Å². The number of nitrogens with zero attached hydrogens (tertiary/aromatic N) is 7. The number of nitrogen functional groups attached to an aromatic ring is 1. The van der Waals surface area contributed by atoms with Gasteiger partial charge in [0.15, 0.2) is 18.0 Å². The van der Waals surface area contributed by atoms with Crippen LogP contribution in [0.2, 0.25) is 0 Å². The lowest BCUT2D eigenvalue weighted by Crippen LogP contribution is -2.47. The fourth-order valence-corrected chi connectivity index (χ4v) is 5.49. The van der Waals surface area contributed by atoms with Gasteiger partial charge in [0, 0.05) is 65.5 Å². The summed E-state index contributed by atoms with van der Waals surface area (Å²) >= 11 is 0. The number of ether oxygens (including phenoxy) is 1. The van der Waals surface area contributed by atoms with E-state index >= 15 is 0 Å². The molecule has 1 amide bonds. The van der Waals surface area contributed by atoms with Crippen molar-refractivity contribution in [2.45, 2.75) is 6.54 Å². The Bertz CT molecular complexity index is 1840. The Balaban J connectivity index is 1.09. The first-order valence-electron chi connectivity index (χ1n) is 14.4. The van der Waals surface area contributed by atoms with Crippen molar-refractivity contribution in [3.05, 3.63) is 59.0 Å². The molecule has 1 fully saturated rings. The number of carbonyl (C=O) groups is 1. The molecule has 15 heteroatoms. The molecule has 0 spiro atoms. The minimum absolute atomic E-state index is 0.171. The maximum Gasteiger partial charge on any atom is 0.330 e. The number of hydrogen-bond acceptors (Lipinski definition) is 10. The molecule has 0 unspecified atom stereocenters. The number of nitrogens with one attached hydrogen (secondary N) is 2. The second-order valence-electron chi connectivity index (χ2n) is 10.6. The standard InChI is InChI=1S/C29H35FN10O4/c1-32-7-8-33-25(41)18-44-19-5-6-22(20(30)16-19)38-12-9-37(10-13-38)11-14-39-27-26(36(2)29(39)42)23-17-21(24-4-3-15-43-24)35-40(23)28(31)34-27/h3-6,15-17,32H,7-14,18H2,1-2H3,(H2,31,34)(H,33,41). The molecule has 1 aliphatic heterocycles. The summed E-state index contributed by atoms with van der Waals surface area (Å²) in [5.74, 6) is 0.395. The number of aromatic nitrogens is 5. The Hall–Kier alpha value is -4.89. The van der Waals surface area contributed by atoms with Crippen LogP contribution >= 0.6 is 0 Å². The second-order valence-corrected chi connectivity index (χ2v) is 10.6. The van der Waals surface area contributed by atoms with Gasteiger partial charge < -0.3 is 30.4 Å². The van der Waals surface area contributed by atoms with E-state index in [4.69, 9.17) is 14.9 Å². The number of anilines is 2. The Morgan fingerprint density at radius 1 is 1.14 bits per heavy atom. The van der Waals surface area contributed by atoms with Crippen LogP contribution in [0.5, 0.6) is 5.75 Å². The topological polar surface area (TPSA) is 153 Å². The summed E-state index contributed by atoms with van der Waals surface area (Å²) in [6.07, 6.45) is 1.57. The molecule has 5 heterocycles. The van der Waals surface area contributed by atoms with E-state index < -0.39 is 5.82 Å². The van der Waals surface area contributed by atoms with Crippen molar-refractivity contribution in [1.29, 1.82) is 0 Å². The first kappa shape index (κ1) is 29.2. The van der Waals surface area contributed by atoms with E-state index in [0.29, 0.717) is 91.9 Å². The highest BCUT2D eigenvalue weighted by atomic mass is 19.1. The molecule has 0 radical (unpaired) electrons. The van der Waals surface area contributed by atoms with Crippen LogP contribution in [0, 0.1) is 5.82 Å². The molecule has 1 aliphatic rings. The van der Waals surface area contributed by atoms with Crippen molar-refractivity contribution in [2.75, 3.05) is 70.1 Å². The van der Waals surface area contributed by atoms with Crippen LogP contribution in [0.3, 0.4) is 0 Å². The van der Waals surface area contributed by atoms with E-state index in [-0.39, 0.29) is 24.2 Å². The van der Waals surface area contributed by atoms with Gasteiger partial charge in [-0.15, -0.1) is 0 Å². The third-order valence-corrected chi connectivity index (χ3v) is 7.82. The molecule has 6 rings (SSSR count). The van der Waals surface area contributed by atoms with Crippen LogP contribution in [-0.2, 0) is 18.4 Å². The second kappa shape index (κ2) is 12.4. The van der Waals surface area contributed by atoms with Gasteiger partial charge in [0.25, 0.3) is 5.91 Å². The lowest BCUT2D eigenvalue weighted by Gasteiger charge is -2.36.